The maximum Gasteiger partial charge on any atom is 0.305 e. The first-order chi connectivity index (χ1) is 8.87. The summed E-state index contributed by atoms with van der Waals surface area (Å²) in [5, 5.41) is 0. The van der Waals surface area contributed by atoms with Crippen molar-refractivity contribution in [1.29, 1.82) is 0 Å². The van der Waals surface area contributed by atoms with Gasteiger partial charge in [0.1, 0.15) is 0 Å². The van der Waals surface area contributed by atoms with Crippen LogP contribution >= 0.6 is 0 Å². The van der Waals surface area contributed by atoms with E-state index in [9.17, 15) is 4.79 Å². The summed E-state index contributed by atoms with van der Waals surface area (Å²) in [5.74, 6) is -1.55. The highest BCUT2D eigenvalue weighted by Gasteiger charge is 2.34. The number of carbonyl (C=O) groups excluding carboxylic acids is 1. The molecule has 0 aliphatic rings. The van der Waals surface area contributed by atoms with Gasteiger partial charge in [0.2, 0.25) is 5.79 Å². The Hall–Kier alpha value is -0.690. The fraction of sp³-hybridized carbons (Fsp3) is 0.929. The van der Waals surface area contributed by atoms with E-state index in [1.807, 2.05) is 41.5 Å². The number of hydrogen-bond donors (Lipinski definition) is 0. The van der Waals surface area contributed by atoms with Gasteiger partial charge in [-0.15, -0.1) is 0 Å². The number of ether oxygens (including phenoxy) is 1. The standard InChI is InChI=1S/C14H28O6/c1-12(2,3)17-19-14(7,10-9-11(15)16-8)20-18-13(4,5)6/h9-10H2,1-8H3. The molecule has 0 aromatic rings. The molecule has 0 heterocycles. The van der Waals surface area contributed by atoms with Crippen molar-refractivity contribution >= 4 is 5.97 Å². The molecule has 0 saturated carbocycles. The normalized spacial score (nSPS) is 13.4. The molecule has 0 aliphatic heterocycles. The van der Waals surface area contributed by atoms with Gasteiger partial charge >= 0.3 is 5.97 Å². The van der Waals surface area contributed by atoms with E-state index in [4.69, 9.17) is 19.6 Å². The lowest BCUT2D eigenvalue weighted by atomic mass is 10.1. The van der Waals surface area contributed by atoms with E-state index in [0.717, 1.165) is 0 Å². The van der Waals surface area contributed by atoms with Gasteiger partial charge in [0, 0.05) is 6.42 Å². The fourth-order valence-electron chi connectivity index (χ4n) is 0.955. The Labute approximate surface area is 121 Å². The van der Waals surface area contributed by atoms with Gasteiger partial charge in [0.25, 0.3) is 0 Å². The Morgan fingerprint density at radius 1 is 0.800 bits per heavy atom. The molecule has 0 aliphatic carbocycles. The average molecular weight is 292 g/mol. The molecule has 0 aromatic heterocycles. The Morgan fingerprint density at radius 2 is 1.20 bits per heavy atom. The lowest BCUT2D eigenvalue weighted by Crippen LogP contribution is -2.39. The van der Waals surface area contributed by atoms with E-state index in [0.29, 0.717) is 0 Å². The Morgan fingerprint density at radius 3 is 1.50 bits per heavy atom. The van der Waals surface area contributed by atoms with Crippen LogP contribution in [0.2, 0.25) is 0 Å². The molecular formula is C14H28O6. The largest absolute Gasteiger partial charge is 0.469 e. The van der Waals surface area contributed by atoms with Crippen molar-refractivity contribution in [1.82, 2.24) is 0 Å². The van der Waals surface area contributed by atoms with E-state index in [-0.39, 0.29) is 18.8 Å². The molecule has 6 heteroatoms. The molecular weight excluding hydrogens is 264 g/mol. The van der Waals surface area contributed by atoms with Gasteiger partial charge in [0.15, 0.2) is 0 Å². The molecule has 0 radical (unpaired) electrons. The Kier molecular flexibility index (Phi) is 7.10. The predicted molar refractivity (Wildman–Crippen MR) is 73.5 cm³/mol. The van der Waals surface area contributed by atoms with Gasteiger partial charge in [-0.05, 0) is 48.5 Å². The molecule has 0 rings (SSSR count). The summed E-state index contributed by atoms with van der Waals surface area (Å²) in [6.07, 6.45) is 0.375. The fourth-order valence-corrected chi connectivity index (χ4v) is 0.955. The topological polar surface area (TPSA) is 63.2 Å². The van der Waals surface area contributed by atoms with Gasteiger partial charge in [-0.1, -0.05) is 0 Å². The van der Waals surface area contributed by atoms with Gasteiger partial charge in [-0.2, -0.15) is 9.78 Å². The van der Waals surface area contributed by atoms with E-state index in [2.05, 4.69) is 4.74 Å². The first-order valence-corrected chi connectivity index (χ1v) is 6.67. The maximum absolute atomic E-state index is 11.2. The van der Waals surface area contributed by atoms with Crippen LogP contribution in [0.1, 0.15) is 61.3 Å². The van der Waals surface area contributed by atoms with Gasteiger partial charge in [-0.25, -0.2) is 9.78 Å². The van der Waals surface area contributed by atoms with Crippen LogP contribution in [0, 0.1) is 0 Å². The van der Waals surface area contributed by atoms with Crippen molar-refractivity contribution in [2.24, 2.45) is 0 Å². The van der Waals surface area contributed by atoms with Crippen molar-refractivity contribution in [3.63, 3.8) is 0 Å². The van der Waals surface area contributed by atoms with E-state index in [1.165, 1.54) is 7.11 Å². The zero-order valence-corrected chi connectivity index (χ0v) is 13.9. The number of rotatable bonds is 7. The molecule has 0 N–H and O–H groups in total. The average Bonchev–Trinajstić information content (AvgIpc) is 2.30. The van der Waals surface area contributed by atoms with Crippen LogP contribution < -0.4 is 0 Å². The van der Waals surface area contributed by atoms with Crippen molar-refractivity contribution in [3.05, 3.63) is 0 Å². The van der Waals surface area contributed by atoms with Gasteiger partial charge in [0.05, 0.1) is 24.7 Å². The Balaban J connectivity index is 4.61. The molecule has 120 valence electrons. The SMILES string of the molecule is COC(=O)CCC(C)(OOC(C)(C)C)OOC(C)(C)C. The quantitative estimate of drug-likeness (QED) is 0.311. The molecule has 6 nitrogen and oxygen atoms in total. The summed E-state index contributed by atoms with van der Waals surface area (Å²) in [6.45, 7) is 12.7. The summed E-state index contributed by atoms with van der Waals surface area (Å²) in [5.41, 5.74) is -1.00. The third kappa shape index (κ3) is 10.1. The molecule has 0 amide bonds. The summed E-state index contributed by atoms with van der Waals surface area (Å²) in [4.78, 5) is 32.4. The van der Waals surface area contributed by atoms with Crippen LogP contribution in [0.4, 0.5) is 0 Å². The highest BCUT2D eigenvalue weighted by Crippen LogP contribution is 2.25. The molecule has 20 heavy (non-hydrogen) atoms. The zero-order valence-electron chi connectivity index (χ0n) is 13.9. The smallest absolute Gasteiger partial charge is 0.305 e. The van der Waals surface area contributed by atoms with E-state index in [1.54, 1.807) is 6.92 Å². The third-order valence-electron chi connectivity index (χ3n) is 1.95. The Bertz CT molecular complexity index is 282. The lowest BCUT2D eigenvalue weighted by Gasteiger charge is -2.32. The number of carbonyl (C=O) groups is 1. The second kappa shape index (κ2) is 7.36. The monoisotopic (exact) mass is 292 g/mol. The molecule has 0 aromatic carbocycles. The summed E-state index contributed by atoms with van der Waals surface area (Å²) >= 11 is 0. The molecule has 0 spiro atoms. The summed E-state index contributed by atoms with van der Waals surface area (Å²) in [6, 6.07) is 0. The molecule has 0 atom stereocenters. The van der Waals surface area contributed by atoms with Crippen molar-refractivity contribution < 1.29 is 29.1 Å². The second-order valence-corrected chi connectivity index (χ2v) is 6.77. The van der Waals surface area contributed by atoms with Gasteiger partial charge < -0.3 is 4.74 Å². The highest BCUT2D eigenvalue weighted by molar-refractivity contribution is 5.69. The minimum Gasteiger partial charge on any atom is -0.469 e. The summed E-state index contributed by atoms with van der Waals surface area (Å²) < 4.78 is 4.60. The molecule has 0 fully saturated rings. The minimum absolute atomic E-state index is 0.133. The molecule has 0 saturated heterocycles. The summed E-state index contributed by atoms with van der Waals surface area (Å²) in [7, 11) is 1.33. The van der Waals surface area contributed by atoms with E-state index < -0.39 is 17.0 Å². The third-order valence-corrected chi connectivity index (χ3v) is 1.95. The molecule has 0 bridgehead atoms. The molecule has 0 unspecified atom stereocenters. The van der Waals surface area contributed by atoms with Crippen LogP contribution in [0.5, 0.6) is 0 Å². The lowest BCUT2D eigenvalue weighted by molar-refractivity contribution is -0.537. The zero-order chi connectivity index (χ0) is 16.0. The van der Waals surface area contributed by atoms with Crippen LogP contribution in [-0.2, 0) is 29.1 Å². The van der Waals surface area contributed by atoms with Crippen LogP contribution in [0.15, 0.2) is 0 Å². The highest BCUT2D eigenvalue weighted by atomic mass is 17.3. The van der Waals surface area contributed by atoms with E-state index >= 15 is 0 Å². The van der Waals surface area contributed by atoms with Crippen LogP contribution in [-0.4, -0.2) is 30.1 Å². The maximum atomic E-state index is 11.2. The van der Waals surface area contributed by atoms with Crippen LogP contribution in [0.3, 0.4) is 0 Å². The number of hydrogen-bond acceptors (Lipinski definition) is 6. The minimum atomic E-state index is -1.20. The number of methoxy groups -OCH3 is 1. The first kappa shape index (κ1) is 19.3. The van der Waals surface area contributed by atoms with Crippen molar-refractivity contribution in [2.45, 2.75) is 78.3 Å². The first-order valence-electron chi connectivity index (χ1n) is 6.67. The van der Waals surface area contributed by atoms with Crippen LogP contribution in [0.25, 0.3) is 0 Å². The number of esters is 1. The van der Waals surface area contributed by atoms with Crippen molar-refractivity contribution in [3.8, 4) is 0 Å². The second-order valence-electron chi connectivity index (χ2n) is 6.77. The van der Waals surface area contributed by atoms with Gasteiger partial charge in [-0.3, -0.25) is 4.79 Å². The predicted octanol–water partition coefficient (Wildman–Crippen LogP) is 3.15. The van der Waals surface area contributed by atoms with Crippen molar-refractivity contribution in [2.75, 3.05) is 7.11 Å².